The summed E-state index contributed by atoms with van der Waals surface area (Å²) in [5.74, 6) is -1.35. The molecule has 0 aliphatic carbocycles. The first-order chi connectivity index (χ1) is 9.06. The van der Waals surface area contributed by atoms with Crippen molar-refractivity contribution in [3.05, 3.63) is 29.8 Å². The molecule has 1 amide bonds. The second-order valence-corrected chi connectivity index (χ2v) is 3.84. The van der Waals surface area contributed by atoms with Crippen LogP contribution in [0.5, 0.6) is 0 Å². The zero-order valence-electron chi connectivity index (χ0n) is 10.6. The summed E-state index contributed by atoms with van der Waals surface area (Å²) >= 11 is 0. The van der Waals surface area contributed by atoms with Gasteiger partial charge in [-0.2, -0.15) is 0 Å². The van der Waals surface area contributed by atoms with Crippen LogP contribution in [0.4, 0.5) is 10.5 Å². The number of hydrogen-bond donors (Lipinski definition) is 3. The second kappa shape index (κ2) is 7.15. The van der Waals surface area contributed by atoms with Gasteiger partial charge in [-0.1, -0.05) is 31.5 Å². The van der Waals surface area contributed by atoms with Crippen LogP contribution in [0.3, 0.4) is 0 Å². The summed E-state index contributed by atoms with van der Waals surface area (Å²) in [7, 11) is 0. The number of unbranched alkanes of at least 4 members (excludes halogenated alkanes) is 1. The molecule has 1 aromatic carbocycles. The Morgan fingerprint density at radius 1 is 1.37 bits per heavy atom. The quantitative estimate of drug-likeness (QED) is 0.543. The van der Waals surface area contributed by atoms with E-state index in [1.54, 1.807) is 12.1 Å². The van der Waals surface area contributed by atoms with Gasteiger partial charge in [0, 0.05) is 5.56 Å². The second-order valence-electron chi connectivity index (χ2n) is 3.84. The molecule has 0 aromatic heterocycles. The Balaban J connectivity index is 2.75. The number of hydrogen-bond acceptors (Lipinski definition) is 4. The molecule has 102 valence electrons. The normalized spacial score (nSPS) is 9.74. The van der Waals surface area contributed by atoms with Crippen molar-refractivity contribution in [2.24, 2.45) is 0 Å². The van der Waals surface area contributed by atoms with E-state index >= 15 is 0 Å². The van der Waals surface area contributed by atoms with Crippen LogP contribution in [0, 0.1) is 5.41 Å². The third kappa shape index (κ3) is 4.42. The van der Waals surface area contributed by atoms with Crippen molar-refractivity contribution >= 4 is 23.5 Å². The SMILES string of the molecule is CCCCOC(=O)Nc1ccccc1C(=N)C(=O)O. The van der Waals surface area contributed by atoms with E-state index in [1.807, 2.05) is 6.92 Å². The summed E-state index contributed by atoms with van der Waals surface area (Å²) < 4.78 is 4.91. The fraction of sp³-hybridized carbons (Fsp3) is 0.308. The van der Waals surface area contributed by atoms with E-state index < -0.39 is 17.8 Å². The summed E-state index contributed by atoms with van der Waals surface area (Å²) in [5.41, 5.74) is -0.191. The number of carboxylic acids is 1. The fourth-order valence-corrected chi connectivity index (χ4v) is 1.38. The number of aliphatic carboxylic acids is 1. The van der Waals surface area contributed by atoms with Crippen molar-refractivity contribution in [3.8, 4) is 0 Å². The first-order valence-corrected chi connectivity index (χ1v) is 5.91. The molecule has 0 spiro atoms. The van der Waals surface area contributed by atoms with Gasteiger partial charge in [-0.25, -0.2) is 9.59 Å². The Bertz CT molecular complexity index is 485. The monoisotopic (exact) mass is 264 g/mol. The highest BCUT2D eigenvalue weighted by Gasteiger charge is 2.15. The number of amides is 1. The Labute approximate surface area is 110 Å². The predicted octanol–water partition coefficient (Wildman–Crippen LogP) is 2.49. The molecule has 0 radical (unpaired) electrons. The van der Waals surface area contributed by atoms with Crippen molar-refractivity contribution in [2.75, 3.05) is 11.9 Å². The number of carbonyl (C=O) groups excluding carboxylic acids is 1. The highest BCUT2D eigenvalue weighted by Crippen LogP contribution is 2.16. The molecule has 6 nitrogen and oxygen atoms in total. The maximum absolute atomic E-state index is 11.5. The van der Waals surface area contributed by atoms with Gasteiger partial charge in [0.1, 0.15) is 5.71 Å². The van der Waals surface area contributed by atoms with Crippen LogP contribution in [0.2, 0.25) is 0 Å². The van der Waals surface area contributed by atoms with Gasteiger partial charge in [-0.15, -0.1) is 0 Å². The third-order valence-corrected chi connectivity index (χ3v) is 2.38. The molecule has 0 bridgehead atoms. The number of benzene rings is 1. The molecule has 0 atom stereocenters. The highest BCUT2D eigenvalue weighted by atomic mass is 16.5. The van der Waals surface area contributed by atoms with Crippen LogP contribution in [0.25, 0.3) is 0 Å². The van der Waals surface area contributed by atoms with Crippen molar-refractivity contribution in [1.82, 2.24) is 0 Å². The zero-order chi connectivity index (χ0) is 14.3. The standard InChI is InChI=1S/C13H16N2O4/c1-2-3-8-19-13(18)15-10-7-5-4-6-9(10)11(14)12(16)17/h4-7,14H,2-3,8H2,1H3,(H,15,18)(H,16,17). The average Bonchev–Trinajstić information content (AvgIpc) is 2.38. The molecule has 0 saturated carbocycles. The first-order valence-electron chi connectivity index (χ1n) is 5.91. The van der Waals surface area contributed by atoms with Gasteiger partial charge in [0.05, 0.1) is 12.3 Å². The van der Waals surface area contributed by atoms with Crippen molar-refractivity contribution < 1.29 is 19.4 Å². The van der Waals surface area contributed by atoms with Crippen molar-refractivity contribution in [1.29, 1.82) is 5.41 Å². The lowest BCUT2D eigenvalue weighted by Crippen LogP contribution is -2.19. The summed E-state index contributed by atoms with van der Waals surface area (Å²) in [5, 5.41) is 18.7. The van der Waals surface area contributed by atoms with Crippen LogP contribution in [-0.2, 0) is 9.53 Å². The predicted molar refractivity (Wildman–Crippen MR) is 70.8 cm³/mol. The minimum atomic E-state index is -1.35. The van der Waals surface area contributed by atoms with E-state index in [0.29, 0.717) is 6.61 Å². The van der Waals surface area contributed by atoms with Gasteiger partial charge in [-0.3, -0.25) is 10.7 Å². The fourth-order valence-electron chi connectivity index (χ4n) is 1.38. The van der Waals surface area contributed by atoms with Crippen LogP contribution in [-0.4, -0.2) is 29.5 Å². The minimum Gasteiger partial charge on any atom is -0.477 e. The van der Waals surface area contributed by atoms with E-state index in [0.717, 1.165) is 12.8 Å². The molecular formula is C13H16N2O4. The molecule has 0 aliphatic rings. The maximum atomic E-state index is 11.5. The number of nitrogens with one attached hydrogen (secondary N) is 2. The largest absolute Gasteiger partial charge is 0.477 e. The Hall–Kier alpha value is -2.37. The molecule has 1 aromatic rings. The van der Waals surface area contributed by atoms with Gasteiger partial charge >= 0.3 is 12.1 Å². The van der Waals surface area contributed by atoms with E-state index in [9.17, 15) is 9.59 Å². The highest BCUT2D eigenvalue weighted by molar-refractivity contribution is 6.42. The van der Waals surface area contributed by atoms with E-state index in [1.165, 1.54) is 12.1 Å². The molecular weight excluding hydrogens is 248 g/mol. The van der Waals surface area contributed by atoms with E-state index in [-0.39, 0.29) is 11.3 Å². The van der Waals surface area contributed by atoms with Crippen LogP contribution >= 0.6 is 0 Å². The number of carboxylic acid groups (broad SMARTS) is 1. The minimum absolute atomic E-state index is 0.141. The van der Waals surface area contributed by atoms with Crippen LogP contribution < -0.4 is 5.32 Å². The molecule has 0 saturated heterocycles. The van der Waals surface area contributed by atoms with Gasteiger partial charge in [-0.05, 0) is 12.5 Å². The van der Waals surface area contributed by atoms with Gasteiger partial charge in [0.2, 0.25) is 0 Å². The van der Waals surface area contributed by atoms with Crippen LogP contribution in [0.1, 0.15) is 25.3 Å². The summed E-state index contributed by atoms with van der Waals surface area (Å²) in [6, 6.07) is 6.21. The van der Waals surface area contributed by atoms with E-state index in [2.05, 4.69) is 5.32 Å². The number of ether oxygens (including phenoxy) is 1. The molecule has 19 heavy (non-hydrogen) atoms. The first kappa shape index (κ1) is 14.7. The Morgan fingerprint density at radius 3 is 2.68 bits per heavy atom. The van der Waals surface area contributed by atoms with Crippen molar-refractivity contribution in [2.45, 2.75) is 19.8 Å². The average molecular weight is 264 g/mol. The van der Waals surface area contributed by atoms with Gasteiger partial charge in [0.15, 0.2) is 0 Å². The molecule has 3 N–H and O–H groups in total. The Kier molecular flexibility index (Phi) is 5.53. The summed E-state index contributed by atoms with van der Waals surface area (Å²) in [6.45, 7) is 2.28. The molecule has 1 rings (SSSR count). The van der Waals surface area contributed by atoms with Gasteiger partial charge in [0.25, 0.3) is 0 Å². The lowest BCUT2D eigenvalue weighted by atomic mass is 10.1. The number of carbonyl (C=O) groups is 2. The van der Waals surface area contributed by atoms with Crippen molar-refractivity contribution in [3.63, 3.8) is 0 Å². The third-order valence-electron chi connectivity index (χ3n) is 2.38. The molecule has 0 unspecified atom stereocenters. The zero-order valence-corrected chi connectivity index (χ0v) is 10.6. The lowest BCUT2D eigenvalue weighted by Gasteiger charge is -2.10. The number of para-hydroxylation sites is 1. The smallest absolute Gasteiger partial charge is 0.411 e. The molecule has 0 fully saturated rings. The molecule has 0 aliphatic heterocycles. The Morgan fingerprint density at radius 2 is 2.05 bits per heavy atom. The molecule has 6 heteroatoms. The summed E-state index contributed by atoms with van der Waals surface area (Å²) in [6.07, 6.45) is 1.02. The summed E-state index contributed by atoms with van der Waals surface area (Å²) in [4.78, 5) is 22.3. The topological polar surface area (TPSA) is 99.5 Å². The molecule has 0 heterocycles. The van der Waals surface area contributed by atoms with Gasteiger partial charge < -0.3 is 9.84 Å². The lowest BCUT2D eigenvalue weighted by molar-refractivity contribution is -0.129. The van der Waals surface area contributed by atoms with Crippen LogP contribution in [0.15, 0.2) is 24.3 Å². The van der Waals surface area contributed by atoms with E-state index in [4.69, 9.17) is 15.3 Å². The maximum Gasteiger partial charge on any atom is 0.411 e. The number of rotatable bonds is 6. The number of anilines is 1.